The number of amides is 1. The van der Waals surface area contributed by atoms with E-state index in [0.29, 0.717) is 22.5 Å². The lowest BCUT2D eigenvalue weighted by Crippen LogP contribution is -2.21. The van der Waals surface area contributed by atoms with E-state index in [0.717, 1.165) is 31.8 Å². The number of carbonyl (C=O) groups excluding carboxylic acids is 2. The van der Waals surface area contributed by atoms with Crippen LogP contribution >= 0.6 is 19.3 Å². The Balaban J connectivity index is 1.52. The van der Waals surface area contributed by atoms with Gasteiger partial charge < -0.3 is 19.6 Å². The van der Waals surface area contributed by atoms with Gasteiger partial charge in [-0.2, -0.15) is 9.55 Å². The molecule has 0 spiro atoms. The third kappa shape index (κ3) is 6.72. The summed E-state index contributed by atoms with van der Waals surface area (Å²) in [6.45, 7) is 1.66. The van der Waals surface area contributed by atoms with Crippen molar-refractivity contribution in [3.63, 3.8) is 0 Å². The molecule has 0 saturated heterocycles. The van der Waals surface area contributed by atoms with Gasteiger partial charge in [-0.15, -0.1) is 0 Å². The summed E-state index contributed by atoms with van der Waals surface area (Å²) in [5, 5.41) is 9.02. The van der Waals surface area contributed by atoms with Crippen LogP contribution in [-0.2, 0) is 14.1 Å². The Morgan fingerprint density at radius 2 is 1.85 bits per heavy atom. The number of aromatic amines is 1. The number of esters is 1. The van der Waals surface area contributed by atoms with Crippen molar-refractivity contribution in [3.8, 4) is 5.75 Å². The zero-order valence-corrected chi connectivity index (χ0v) is 27.6. The van der Waals surface area contributed by atoms with E-state index in [2.05, 4.69) is 15.3 Å². The molecule has 47 heavy (non-hydrogen) atoms. The molecule has 1 amide bonds. The molecule has 0 bridgehead atoms. The highest BCUT2D eigenvalue weighted by Gasteiger charge is 2.36. The van der Waals surface area contributed by atoms with E-state index in [1.165, 1.54) is 23.3 Å². The Labute approximate surface area is 275 Å². The van der Waals surface area contributed by atoms with Crippen LogP contribution in [0.5, 0.6) is 5.75 Å². The molecule has 0 aliphatic heterocycles. The number of hydrogen-bond acceptors (Lipinski definition) is 8. The number of H-pyrrole nitrogens is 1. The fourth-order valence-electron chi connectivity index (χ4n) is 5.23. The number of carbonyl (C=O) groups is 2. The summed E-state index contributed by atoms with van der Waals surface area (Å²) in [5.41, 5.74) is 3.16. The summed E-state index contributed by atoms with van der Waals surface area (Å²) in [5.74, 6) is -1.08. The summed E-state index contributed by atoms with van der Waals surface area (Å²) < 4.78 is 28.2. The number of nitrogens with zero attached hydrogens (tertiary/aromatic N) is 3. The summed E-state index contributed by atoms with van der Waals surface area (Å²) in [7, 11) is -1.09. The number of rotatable bonds is 11. The molecule has 2 N–H and O–H groups in total. The van der Waals surface area contributed by atoms with Crippen LogP contribution in [0.25, 0.3) is 34.0 Å². The second-order valence-electron chi connectivity index (χ2n) is 10.7. The Morgan fingerprint density at radius 3 is 2.64 bits per heavy atom. The van der Waals surface area contributed by atoms with Crippen molar-refractivity contribution in [2.75, 3.05) is 20.3 Å². The van der Waals surface area contributed by atoms with Gasteiger partial charge in [0.25, 0.3) is 5.91 Å². The second kappa shape index (κ2) is 13.7. The fourth-order valence-corrected chi connectivity index (χ4v) is 8.55. The average Bonchev–Trinajstić information content (AvgIpc) is 3.73. The zero-order chi connectivity index (χ0) is 33.0. The number of benzene rings is 3. The molecular weight excluding hydrogens is 633 g/mol. The highest BCUT2D eigenvalue weighted by Crippen LogP contribution is 2.53. The first-order valence-electron chi connectivity index (χ1n) is 14.8. The minimum atomic E-state index is -3.98. The third-order valence-corrected chi connectivity index (χ3v) is 11.0. The maximum atomic E-state index is 15.3. The smallest absolute Gasteiger partial charge is 0.364 e. The van der Waals surface area contributed by atoms with E-state index in [4.69, 9.17) is 14.4 Å². The Hall–Kier alpha value is -5.12. The van der Waals surface area contributed by atoms with Gasteiger partial charge in [-0.3, -0.25) is 19.1 Å². The van der Waals surface area contributed by atoms with Crippen LogP contribution in [-0.4, -0.2) is 51.7 Å². The van der Waals surface area contributed by atoms with Gasteiger partial charge in [-0.05, 0) is 72.8 Å². The van der Waals surface area contributed by atoms with E-state index < -0.39 is 19.4 Å². The van der Waals surface area contributed by atoms with Crippen molar-refractivity contribution >= 4 is 65.1 Å². The van der Waals surface area contributed by atoms with Crippen molar-refractivity contribution in [2.24, 2.45) is 5.92 Å². The van der Waals surface area contributed by atoms with Gasteiger partial charge in [0.1, 0.15) is 5.75 Å². The molecule has 10 nitrogen and oxygen atoms in total. The van der Waals surface area contributed by atoms with Gasteiger partial charge in [-0.25, -0.2) is 0 Å². The summed E-state index contributed by atoms with van der Waals surface area (Å²) >= 11 is 1.40. The van der Waals surface area contributed by atoms with Crippen molar-refractivity contribution in [1.82, 2.24) is 24.8 Å². The van der Waals surface area contributed by atoms with Crippen LogP contribution in [0.4, 0.5) is 0 Å². The summed E-state index contributed by atoms with van der Waals surface area (Å²) in [4.78, 5) is 34.3. The molecule has 0 aliphatic carbocycles. The Morgan fingerprint density at radius 1 is 1.02 bits per heavy atom. The Bertz CT molecular complexity index is 2160. The number of methoxy groups -OCH3 is 1. The van der Waals surface area contributed by atoms with Gasteiger partial charge in [0.15, 0.2) is 0 Å². The predicted molar refractivity (Wildman–Crippen MR) is 185 cm³/mol. The molecular formula is C35H32N5O5PS. The van der Waals surface area contributed by atoms with Crippen LogP contribution in [0.15, 0.2) is 107 Å². The maximum absolute atomic E-state index is 15.3. The van der Waals surface area contributed by atoms with Crippen LogP contribution < -0.4 is 9.84 Å². The molecule has 0 aliphatic rings. The lowest BCUT2D eigenvalue weighted by atomic mass is 10.2. The largest absolute Gasteiger partial charge is 0.469 e. The molecule has 0 radical (unpaired) electrons. The highest BCUT2D eigenvalue weighted by molar-refractivity contribution is 7.99. The lowest BCUT2D eigenvalue weighted by Gasteiger charge is -2.23. The van der Waals surface area contributed by atoms with Crippen molar-refractivity contribution < 1.29 is 23.4 Å². The van der Waals surface area contributed by atoms with Gasteiger partial charge in [0, 0.05) is 45.5 Å². The van der Waals surface area contributed by atoms with E-state index in [9.17, 15) is 9.59 Å². The molecule has 3 aromatic carbocycles. The molecule has 12 heteroatoms. The van der Waals surface area contributed by atoms with Gasteiger partial charge >= 0.3 is 13.5 Å². The first kappa shape index (κ1) is 31.8. The van der Waals surface area contributed by atoms with Crippen molar-refractivity contribution in [3.05, 3.63) is 114 Å². The zero-order valence-electron chi connectivity index (χ0n) is 25.9. The Kier molecular flexibility index (Phi) is 9.29. The van der Waals surface area contributed by atoms with Gasteiger partial charge in [0.2, 0.25) is 0 Å². The number of fused-ring (bicyclic) bond motifs is 2. The van der Waals surface area contributed by atoms with E-state index in [1.807, 2.05) is 84.9 Å². The second-order valence-corrected chi connectivity index (χ2v) is 14.1. The average molecular weight is 666 g/mol. The standard InChI is InChI=1S/C35H32N5O5PS/c1-23(35(42)44-3)22-46(43,45-32-12-8-11-29-27(32)18-20-38-29)40-31-21-25(47-33-13-5-4-10-28(33)34(41)36-2)15-16-26(31)30(39-40)17-14-24-9-6-7-19-37-24/h4-21,23,38H,22H2,1-3H3,(H,36,41)/b17-14+/t23-,46?/m1/s1. The minimum Gasteiger partial charge on any atom is -0.469 e. The molecule has 6 aromatic rings. The quantitative estimate of drug-likeness (QED) is 0.107. The van der Waals surface area contributed by atoms with E-state index >= 15 is 4.57 Å². The normalized spacial score (nSPS) is 13.4. The molecule has 3 aromatic heterocycles. The van der Waals surface area contributed by atoms with Crippen molar-refractivity contribution in [2.45, 2.75) is 16.7 Å². The SMILES string of the molecule is CNC(=O)c1ccccc1Sc1ccc2c(/C=C/c3ccccn3)nn(P(=O)(C[C@@H](C)C(=O)OC)Oc3cccc4[nH]ccc34)c2c1. The van der Waals surface area contributed by atoms with E-state index in [1.54, 1.807) is 38.5 Å². The number of pyridine rings is 1. The molecule has 238 valence electrons. The van der Waals surface area contributed by atoms with Crippen molar-refractivity contribution in [1.29, 1.82) is 0 Å². The molecule has 3 heterocycles. The lowest BCUT2D eigenvalue weighted by molar-refractivity contribution is -0.144. The number of nitrogens with one attached hydrogen (secondary N) is 2. The van der Waals surface area contributed by atoms with Crippen LogP contribution in [0, 0.1) is 5.92 Å². The first-order chi connectivity index (χ1) is 22.8. The number of hydrogen-bond donors (Lipinski definition) is 2. The maximum Gasteiger partial charge on any atom is 0.364 e. The number of ether oxygens (including phenoxy) is 1. The fraction of sp³-hybridized carbons (Fsp3) is 0.143. The molecule has 0 saturated carbocycles. The van der Waals surface area contributed by atoms with Gasteiger partial charge in [-0.1, -0.05) is 43.0 Å². The monoisotopic (exact) mass is 665 g/mol. The topological polar surface area (TPSA) is 128 Å². The molecule has 2 atom stereocenters. The minimum absolute atomic E-state index is 0.169. The van der Waals surface area contributed by atoms with Gasteiger partial charge in [0.05, 0.1) is 41.7 Å². The van der Waals surface area contributed by atoms with Crippen LogP contribution in [0.2, 0.25) is 0 Å². The molecule has 6 rings (SSSR count). The van der Waals surface area contributed by atoms with E-state index in [-0.39, 0.29) is 12.1 Å². The van der Waals surface area contributed by atoms with Crippen LogP contribution in [0.1, 0.15) is 28.7 Å². The predicted octanol–water partition coefficient (Wildman–Crippen LogP) is 7.52. The molecule has 0 fully saturated rings. The first-order valence-corrected chi connectivity index (χ1v) is 17.4. The number of aromatic nitrogens is 4. The molecule has 1 unspecified atom stereocenters. The third-order valence-electron chi connectivity index (χ3n) is 7.54. The summed E-state index contributed by atoms with van der Waals surface area (Å²) in [6.07, 6.45) is 6.96. The summed E-state index contributed by atoms with van der Waals surface area (Å²) in [6, 6.07) is 25.9. The highest BCUT2D eigenvalue weighted by atomic mass is 32.2. The van der Waals surface area contributed by atoms with Crippen LogP contribution in [0.3, 0.4) is 0 Å².